The van der Waals surface area contributed by atoms with Gasteiger partial charge in [-0.1, -0.05) is 30.3 Å². The van der Waals surface area contributed by atoms with E-state index >= 15 is 0 Å². The Hall–Kier alpha value is -2.56. The second kappa shape index (κ2) is 8.21. The summed E-state index contributed by atoms with van der Waals surface area (Å²) < 4.78 is 5.50. The zero-order chi connectivity index (χ0) is 19.4. The molecular weight excluding hydrogens is 352 g/mol. The molecule has 1 aromatic heterocycles. The molecule has 0 spiro atoms. The summed E-state index contributed by atoms with van der Waals surface area (Å²) in [4.78, 5) is 27.0. The van der Waals surface area contributed by atoms with E-state index < -0.39 is 0 Å². The maximum atomic E-state index is 13.1. The summed E-state index contributed by atoms with van der Waals surface area (Å²) in [5.74, 6) is 1.75. The first-order valence-electron chi connectivity index (χ1n) is 10.3. The number of nitrogens with one attached hydrogen (secondary N) is 1. The number of benzene rings is 1. The molecule has 2 heterocycles. The van der Waals surface area contributed by atoms with Crippen molar-refractivity contribution >= 4 is 11.8 Å². The molecule has 1 atom stereocenters. The van der Waals surface area contributed by atoms with Gasteiger partial charge in [0.2, 0.25) is 11.8 Å². The monoisotopic (exact) mass is 380 g/mol. The fourth-order valence-electron chi connectivity index (χ4n) is 4.10. The molecule has 2 fully saturated rings. The van der Waals surface area contributed by atoms with Gasteiger partial charge in [0.15, 0.2) is 0 Å². The molecule has 4 rings (SSSR count). The van der Waals surface area contributed by atoms with Crippen LogP contribution in [0.5, 0.6) is 0 Å². The molecule has 1 aromatic carbocycles. The Balaban J connectivity index is 1.41. The molecule has 1 N–H and O–H groups in total. The summed E-state index contributed by atoms with van der Waals surface area (Å²) in [5, 5.41) is 3.13. The van der Waals surface area contributed by atoms with Gasteiger partial charge in [0.05, 0.1) is 6.26 Å². The van der Waals surface area contributed by atoms with Gasteiger partial charge in [0.25, 0.3) is 0 Å². The minimum atomic E-state index is -0.372. The SMILES string of the molecule is O=C1CC[C@@](CCC(=O)N(Cc2ccccc2)CC2CC2)(Cc2ccco2)N1. The minimum Gasteiger partial charge on any atom is -0.469 e. The highest BCUT2D eigenvalue weighted by molar-refractivity contribution is 5.80. The maximum Gasteiger partial charge on any atom is 0.222 e. The Kier molecular flexibility index (Phi) is 5.51. The molecule has 0 radical (unpaired) electrons. The molecule has 1 aliphatic heterocycles. The fraction of sp³-hybridized carbons (Fsp3) is 0.478. The number of nitrogens with zero attached hydrogens (tertiary/aromatic N) is 1. The first-order valence-corrected chi connectivity index (χ1v) is 10.3. The lowest BCUT2D eigenvalue weighted by atomic mass is 9.87. The molecule has 5 heteroatoms. The van der Waals surface area contributed by atoms with Gasteiger partial charge < -0.3 is 14.6 Å². The first-order chi connectivity index (χ1) is 13.6. The van der Waals surface area contributed by atoms with Crippen molar-refractivity contribution in [1.82, 2.24) is 10.2 Å². The van der Waals surface area contributed by atoms with Crippen molar-refractivity contribution in [2.45, 2.75) is 57.0 Å². The fourth-order valence-corrected chi connectivity index (χ4v) is 4.10. The number of hydrogen-bond donors (Lipinski definition) is 1. The lowest BCUT2D eigenvalue weighted by molar-refractivity contribution is -0.132. The molecule has 0 bridgehead atoms. The van der Waals surface area contributed by atoms with Crippen molar-refractivity contribution in [2.75, 3.05) is 6.54 Å². The van der Waals surface area contributed by atoms with Gasteiger partial charge in [-0.05, 0) is 49.3 Å². The van der Waals surface area contributed by atoms with Gasteiger partial charge in [-0.15, -0.1) is 0 Å². The summed E-state index contributed by atoms with van der Waals surface area (Å²) in [6, 6.07) is 14.0. The van der Waals surface area contributed by atoms with E-state index in [1.165, 1.54) is 12.8 Å². The summed E-state index contributed by atoms with van der Waals surface area (Å²) in [6.07, 6.45) is 7.09. The minimum absolute atomic E-state index is 0.0677. The summed E-state index contributed by atoms with van der Waals surface area (Å²) in [5.41, 5.74) is 0.791. The van der Waals surface area contributed by atoms with Crippen LogP contribution in [0.15, 0.2) is 53.1 Å². The second-order valence-electron chi connectivity index (χ2n) is 8.29. The Morgan fingerprint density at radius 3 is 2.64 bits per heavy atom. The molecule has 5 nitrogen and oxygen atoms in total. The Labute approximate surface area is 166 Å². The van der Waals surface area contributed by atoms with Crippen molar-refractivity contribution in [3.8, 4) is 0 Å². The van der Waals surface area contributed by atoms with Gasteiger partial charge >= 0.3 is 0 Å². The van der Waals surface area contributed by atoms with Crippen LogP contribution in [0.25, 0.3) is 0 Å². The van der Waals surface area contributed by atoms with Crippen molar-refractivity contribution in [2.24, 2.45) is 5.92 Å². The molecule has 28 heavy (non-hydrogen) atoms. The number of rotatable bonds is 9. The molecule has 148 valence electrons. The van der Waals surface area contributed by atoms with Gasteiger partial charge in [0, 0.05) is 37.9 Å². The van der Waals surface area contributed by atoms with Crippen LogP contribution in [-0.2, 0) is 22.6 Å². The third-order valence-electron chi connectivity index (χ3n) is 5.89. The normalized spacial score (nSPS) is 21.5. The lowest BCUT2D eigenvalue weighted by Gasteiger charge is -2.30. The van der Waals surface area contributed by atoms with Crippen molar-refractivity contribution in [3.05, 3.63) is 60.1 Å². The molecule has 2 aliphatic rings. The van der Waals surface area contributed by atoms with Crippen LogP contribution in [0.2, 0.25) is 0 Å². The Bertz CT molecular complexity index is 799. The highest BCUT2D eigenvalue weighted by Crippen LogP contribution is 2.32. The Morgan fingerprint density at radius 2 is 2.00 bits per heavy atom. The van der Waals surface area contributed by atoms with Crippen LogP contribution >= 0.6 is 0 Å². The molecule has 1 aliphatic carbocycles. The number of carbonyl (C=O) groups excluding carboxylic acids is 2. The highest BCUT2D eigenvalue weighted by Gasteiger charge is 2.39. The van der Waals surface area contributed by atoms with Crippen LogP contribution in [-0.4, -0.2) is 28.8 Å². The Morgan fingerprint density at radius 1 is 1.18 bits per heavy atom. The maximum absolute atomic E-state index is 13.1. The molecule has 1 saturated heterocycles. The third-order valence-corrected chi connectivity index (χ3v) is 5.89. The largest absolute Gasteiger partial charge is 0.469 e. The molecular formula is C23H28N2O3. The van der Waals surface area contributed by atoms with E-state index in [0.29, 0.717) is 38.1 Å². The van der Waals surface area contributed by atoms with Crippen LogP contribution in [0.3, 0.4) is 0 Å². The van der Waals surface area contributed by atoms with Crippen LogP contribution in [0.4, 0.5) is 0 Å². The number of carbonyl (C=O) groups is 2. The van der Waals surface area contributed by atoms with Crippen molar-refractivity contribution in [3.63, 3.8) is 0 Å². The summed E-state index contributed by atoms with van der Waals surface area (Å²) in [7, 11) is 0. The smallest absolute Gasteiger partial charge is 0.222 e. The molecule has 1 saturated carbocycles. The van der Waals surface area contributed by atoms with Crippen LogP contribution in [0, 0.1) is 5.92 Å². The van der Waals surface area contributed by atoms with Gasteiger partial charge in [-0.25, -0.2) is 0 Å². The average Bonchev–Trinajstić information content (AvgIpc) is 3.23. The lowest BCUT2D eigenvalue weighted by Crippen LogP contribution is -2.45. The van der Waals surface area contributed by atoms with Gasteiger partial charge in [-0.3, -0.25) is 9.59 Å². The summed E-state index contributed by atoms with van der Waals surface area (Å²) >= 11 is 0. The van der Waals surface area contributed by atoms with E-state index in [-0.39, 0.29) is 17.4 Å². The van der Waals surface area contributed by atoms with Gasteiger partial charge in [0.1, 0.15) is 5.76 Å². The number of furan rings is 1. The average molecular weight is 380 g/mol. The zero-order valence-electron chi connectivity index (χ0n) is 16.2. The summed E-state index contributed by atoms with van der Waals surface area (Å²) in [6.45, 7) is 1.50. The first kappa shape index (κ1) is 18.8. The van der Waals surface area contributed by atoms with E-state index in [9.17, 15) is 9.59 Å². The quantitative estimate of drug-likeness (QED) is 0.722. The zero-order valence-corrected chi connectivity index (χ0v) is 16.2. The van der Waals surface area contributed by atoms with Crippen LogP contribution in [0.1, 0.15) is 49.8 Å². The predicted octanol–water partition coefficient (Wildman–Crippen LogP) is 3.69. The van der Waals surface area contributed by atoms with Crippen molar-refractivity contribution < 1.29 is 14.0 Å². The van der Waals surface area contributed by atoms with Gasteiger partial charge in [-0.2, -0.15) is 0 Å². The van der Waals surface area contributed by atoms with E-state index in [1.54, 1.807) is 6.26 Å². The highest BCUT2D eigenvalue weighted by atomic mass is 16.3. The van der Waals surface area contributed by atoms with Crippen molar-refractivity contribution in [1.29, 1.82) is 0 Å². The topological polar surface area (TPSA) is 62.6 Å². The number of amides is 2. The predicted molar refractivity (Wildman–Crippen MR) is 106 cm³/mol. The molecule has 0 unspecified atom stereocenters. The van der Waals surface area contributed by atoms with E-state index in [4.69, 9.17) is 4.42 Å². The standard InChI is InChI=1S/C23H28N2O3/c26-21-10-12-23(24-21,15-20-7-4-14-28-20)13-11-22(27)25(17-19-8-9-19)16-18-5-2-1-3-6-18/h1-7,14,19H,8-13,15-17H2,(H,24,26)/t23-/m1/s1. The molecule has 2 amide bonds. The second-order valence-corrected chi connectivity index (χ2v) is 8.29. The van der Waals surface area contributed by atoms with Crippen LogP contribution < -0.4 is 5.32 Å². The van der Waals surface area contributed by atoms with E-state index in [0.717, 1.165) is 24.3 Å². The van der Waals surface area contributed by atoms with E-state index in [1.807, 2.05) is 35.2 Å². The molecule has 2 aromatic rings. The number of hydrogen-bond acceptors (Lipinski definition) is 3. The van der Waals surface area contributed by atoms with E-state index in [2.05, 4.69) is 17.4 Å². The third kappa shape index (κ3) is 4.83.